The van der Waals surface area contributed by atoms with Crippen molar-refractivity contribution in [1.29, 1.82) is 0 Å². The van der Waals surface area contributed by atoms with Crippen LogP contribution in [0.4, 0.5) is 0 Å². The maximum absolute atomic E-state index is 9.32. The van der Waals surface area contributed by atoms with E-state index in [-0.39, 0.29) is 6.10 Å². The second-order valence-electron chi connectivity index (χ2n) is 3.05. The van der Waals surface area contributed by atoms with Gasteiger partial charge in [-0.2, -0.15) is 0 Å². The predicted octanol–water partition coefficient (Wildman–Crippen LogP) is 1.95. The third kappa shape index (κ3) is 1.68. The second-order valence-corrected chi connectivity index (χ2v) is 3.05. The Morgan fingerprint density at radius 2 is 2.22 bits per heavy atom. The Labute approximate surface area is 57.1 Å². The van der Waals surface area contributed by atoms with E-state index in [9.17, 15) is 5.11 Å². The summed E-state index contributed by atoms with van der Waals surface area (Å²) in [5, 5.41) is 9.32. The number of hydrogen-bond donors (Lipinski definition) is 1. The Balaban J connectivity index is 2.22. The van der Waals surface area contributed by atoms with Crippen molar-refractivity contribution >= 4 is 0 Å². The van der Waals surface area contributed by atoms with Crippen molar-refractivity contribution in [2.45, 2.75) is 45.1 Å². The maximum Gasteiger partial charge on any atom is 0.0568 e. The summed E-state index contributed by atoms with van der Waals surface area (Å²) in [6.07, 6.45) is 6.03. The van der Waals surface area contributed by atoms with Gasteiger partial charge in [0.15, 0.2) is 0 Å². The number of aliphatic hydroxyl groups is 1. The fraction of sp³-hybridized carbons (Fsp3) is 1.00. The van der Waals surface area contributed by atoms with Crippen molar-refractivity contribution < 1.29 is 5.11 Å². The van der Waals surface area contributed by atoms with Crippen molar-refractivity contribution in [3.05, 3.63) is 0 Å². The lowest BCUT2D eigenvalue weighted by Crippen LogP contribution is -2.11. The molecular formula is C8H16O. The smallest absolute Gasteiger partial charge is 0.0568 e. The summed E-state index contributed by atoms with van der Waals surface area (Å²) in [6.45, 7) is 2.19. The molecule has 1 aliphatic carbocycles. The minimum absolute atomic E-state index is 0.0324. The molecule has 0 spiro atoms. The molecule has 1 fully saturated rings. The maximum atomic E-state index is 9.32. The van der Waals surface area contributed by atoms with Crippen molar-refractivity contribution in [3.8, 4) is 0 Å². The van der Waals surface area contributed by atoms with Crippen LogP contribution < -0.4 is 0 Å². The summed E-state index contributed by atoms with van der Waals surface area (Å²) in [6, 6.07) is 0. The highest BCUT2D eigenvalue weighted by Gasteiger charge is 2.23. The van der Waals surface area contributed by atoms with E-state index >= 15 is 0 Å². The standard InChI is InChI=1S/C8H16O/c1-2-4-7-5-3-6-8(7)9/h7-9H,2-6H2,1H3. The molecule has 0 aromatic rings. The summed E-state index contributed by atoms with van der Waals surface area (Å²) < 4.78 is 0. The first kappa shape index (κ1) is 7.07. The highest BCUT2D eigenvalue weighted by molar-refractivity contribution is 4.75. The minimum Gasteiger partial charge on any atom is -0.393 e. The molecule has 1 heteroatoms. The van der Waals surface area contributed by atoms with Gasteiger partial charge in [0, 0.05) is 0 Å². The second kappa shape index (κ2) is 3.21. The van der Waals surface area contributed by atoms with Gasteiger partial charge in [-0.25, -0.2) is 0 Å². The minimum atomic E-state index is 0.0324. The summed E-state index contributed by atoms with van der Waals surface area (Å²) in [4.78, 5) is 0. The topological polar surface area (TPSA) is 20.2 Å². The Bertz CT molecular complexity index is 80.6. The quantitative estimate of drug-likeness (QED) is 0.602. The van der Waals surface area contributed by atoms with Gasteiger partial charge >= 0.3 is 0 Å². The van der Waals surface area contributed by atoms with Crippen LogP contribution in [0.25, 0.3) is 0 Å². The van der Waals surface area contributed by atoms with E-state index in [0.717, 1.165) is 6.42 Å². The molecule has 0 saturated heterocycles. The molecule has 2 atom stereocenters. The number of aliphatic hydroxyl groups excluding tert-OH is 1. The van der Waals surface area contributed by atoms with Crippen LogP contribution in [-0.4, -0.2) is 11.2 Å². The van der Waals surface area contributed by atoms with Crippen molar-refractivity contribution in [2.24, 2.45) is 5.92 Å². The summed E-state index contributed by atoms with van der Waals surface area (Å²) in [5.41, 5.74) is 0. The first-order valence-corrected chi connectivity index (χ1v) is 4.02. The molecule has 0 bridgehead atoms. The van der Waals surface area contributed by atoms with Gasteiger partial charge < -0.3 is 5.11 Å². The van der Waals surface area contributed by atoms with Crippen LogP contribution in [0.5, 0.6) is 0 Å². The Morgan fingerprint density at radius 3 is 2.67 bits per heavy atom. The van der Waals surface area contributed by atoms with Crippen LogP contribution >= 0.6 is 0 Å². The largest absolute Gasteiger partial charge is 0.393 e. The van der Waals surface area contributed by atoms with E-state index in [0.29, 0.717) is 5.92 Å². The molecule has 1 N–H and O–H groups in total. The average molecular weight is 128 g/mol. The van der Waals surface area contributed by atoms with Gasteiger partial charge in [0.05, 0.1) is 6.10 Å². The first-order chi connectivity index (χ1) is 4.34. The van der Waals surface area contributed by atoms with E-state index in [2.05, 4.69) is 6.92 Å². The van der Waals surface area contributed by atoms with Crippen molar-refractivity contribution in [2.75, 3.05) is 0 Å². The zero-order valence-electron chi connectivity index (χ0n) is 6.14. The Hall–Kier alpha value is -0.0400. The highest BCUT2D eigenvalue weighted by atomic mass is 16.3. The van der Waals surface area contributed by atoms with Gasteiger partial charge in [0.1, 0.15) is 0 Å². The summed E-state index contributed by atoms with van der Waals surface area (Å²) >= 11 is 0. The third-order valence-corrected chi connectivity index (χ3v) is 2.28. The van der Waals surface area contributed by atoms with Gasteiger partial charge in [-0.15, -0.1) is 0 Å². The van der Waals surface area contributed by atoms with Crippen molar-refractivity contribution in [3.63, 3.8) is 0 Å². The molecule has 2 unspecified atom stereocenters. The molecule has 1 nitrogen and oxygen atoms in total. The van der Waals surface area contributed by atoms with Crippen LogP contribution in [0.2, 0.25) is 0 Å². The lowest BCUT2D eigenvalue weighted by Gasteiger charge is -2.11. The molecule has 9 heavy (non-hydrogen) atoms. The lowest BCUT2D eigenvalue weighted by atomic mass is 10.0. The van der Waals surface area contributed by atoms with Gasteiger partial charge in [-0.3, -0.25) is 0 Å². The molecule has 0 aromatic carbocycles. The van der Waals surface area contributed by atoms with Crippen LogP contribution in [-0.2, 0) is 0 Å². The molecule has 0 radical (unpaired) electrons. The Morgan fingerprint density at radius 1 is 1.44 bits per heavy atom. The summed E-state index contributed by atoms with van der Waals surface area (Å²) in [5.74, 6) is 0.634. The molecular weight excluding hydrogens is 112 g/mol. The van der Waals surface area contributed by atoms with Crippen LogP contribution in [0, 0.1) is 5.92 Å². The normalized spacial score (nSPS) is 35.3. The predicted molar refractivity (Wildman–Crippen MR) is 38.3 cm³/mol. The van der Waals surface area contributed by atoms with Crippen LogP contribution in [0.3, 0.4) is 0 Å². The van der Waals surface area contributed by atoms with Crippen molar-refractivity contribution in [1.82, 2.24) is 0 Å². The van der Waals surface area contributed by atoms with Gasteiger partial charge in [0.2, 0.25) is 0 Å². The number of rotatable bonds is 2. The highest BCUT2D eigenvalue weighted by Crippen LogP contribution is 2.28. The fourth-order valence-corrected chi connectivity index (χ4v) is 1.72. The molecule has 54 valence electrons. The van der Waals surface area contributed by atoms with E-state index in [1.165, 1.54) is 25.7 Å². The fourth-order valence-electron chi connectivity index (χ4n) is 1.72. The van der Waals surface area contributed by atoms with Crippen LogP contribution in [0.15, 0.2) is 0 Å². The molecule has 0 aliphatic heterocycles. The summed E-state index contributed by atoms with van der Waals surface area (Å²) in [7, 11) is 0. The monoisotopic (exact) mass is 128 g/mol. The molecule has 0 amide bonds. The molecule has 1 aliphatic rings. The zero-order valence-corrected chi connectivity index (χ0v) is 6.14. The van der Waals surface area contributed by atoms with Gasteiger partial charge in [-0.1, -0.05) is 19.8 Å². The van der Waals surface area contributed by atoms with E-state index in [4.69, 9.17) is 0 Å². The van der Waals surface area contributed by atoms with Gasteiger partial charge in [-0.05, 0) is 25.2 Å². The molecule has 0 heterocycles. The average Bonchev–Trinajstić information content (AvgIpc) is 2.18. The van der Waals surface area contributed by atoms with E-state index in [1.807, 2.05) is 0 Å². The lowest BCUT2D eigenvalue weighted by molar-refractivity contribution is 0.127. The molecule has 0 aromatic heterocycles. The Kier molecular flexibility index (Phi) is 2.52. The third-order valence-electron chi connectivity index (χ3n) is 2.28. The van der Waals surface area contributed by atoms with E-state index in [1.54, 1.807) is 0 Å². The first-order valence-electron chi connectivity index (χ1n) is 4.02. The van der Waals surface area contributed by atoms with Gasteiger partial charge in [0.25, 0.3) is 0 Å². The molecule has 1 rings (SSSR count). The zero-order chi connectivity index (χ0) is 6.69. The van der Waals surface area contributed by atoms with E-state index < -0.39 is 0 Å². The number of hydrogen-bond acceptors (Lipinski definition) is 1. The molecule has 1 saturated carbocycles. The van der Waals surface area contributed by atoms with Crippen LogP contribution in [0.1, 0.15) is 39.0 Å². The SMILES string of the molecule is CCCC1CCCC1O.